The van der Waals surface area contributed by atoms with Gasteiger partial charge in [0.1, 0.15) is 17.9 Å². The molecule has 1 atom stereocenters. The maximum atomic E-state index is 8.81. The van der Waals surface area contributed by atoms with E-state index < -0.39 is 0 Å². The molecule has 26 heavy (non-hydrogen) atoms. The molecular formula is C19H19N5O2. The zero-order valence-electron chi connectivity index (χ0n) is 14.8. The first-order valence-corrected chi connectivity index (χ1v) is 8.29. The van der Waals surface area contributed by atoms with Crippen molar-refractivity contribution in [3.63, 3.8) is 0 Å². The van der Waals surface area contributed by atoms with Gasteiger partial charge < -0.3 is 14.6 Å². The fraction of sp³-hybridized carbons (Fsp3) is 0.263. The minimum atomic E-state index is -0.140. The number of rotatable bonds is 6. The Hall–Kier alpha value is -3.40. The maximum Gasteiger partial charge on any atom is 0.248 e. The van der Waals surface area contributed by atoms with Gasteiger partial charge in [0.15, 0.2) is 5.82 Å². The van der Waals surface area contributed by atoms with Crippen LogP contribution in [0, 0.1) is 11.3 Å². The number of hydrogen-bond donors (Lipinski definition) is 1. The van der Waals surface area contributed by atoms with Gasteiger partial charge in [-0.1, -0.05) is 25.1 Å². The summed E-state index contributed by atoms with van der Waals surface area (Å²) in [5.74, 6) is 2.50. The fourth-order valence-electron chi connectivity index (χ4n) is 2.25. The molecule has 7 nitrogen and oxygen atoms in total. The molecule has 2 heterocycles. The van der Waals surface area contributed by atoms with E-state index >= 15 is 0 Å². The number of nitrogens with zero attached hydrogens (tertiary/aromatic N) is 4. The highest BCUT2D eigenvalue weighted by atomic mass is 16.5. The Kier molecular flexibility index (Phi) is 5.13. The second-order valence-electron chi connectivity index (χ2n) is 6.14. The van der Waals surface area contributed by atoms with Gasteiger partial charge in [0, 0.05) is 29.9 Å². The molecule has 0 aliphatic heterocycles. The van der Waals surface area contributed by atoms with E-state index in [0.29, 0.717) is 28.9 Å². The minimum absolute atomic E-state index is 0.140. The van der Waals surface area contributed by atoms with Crippen LogP contribution in [0.2, 0.25) is 0 Å². The molecule has 0 spiro atoms. The summed E-state index contributed by atoms with van der Waals surface area (Å²) < 4.78 is 11.0. The quantitative estimate of drug-likeness (QED) is 0.703. The van der Waals surface area contributed by atoms with Gasteiger partial charge in [0.2, 0.25) is 11.8 Å². The smallest absolute Gasteiger partial charge is 0.248 e. The van der Waals surface area contributed by atoms with Gasteiger partial charge >= 0.3 is 0 Å². The number of nitrogens with one attached hydrogen (secondary N) is 1. The van der Waals surface area contributed by atoms with E-state index in [1.165, 1.54) is 6.20 Å². The van der Waals surface area contributed by atoms with Crippen molar-refractivity contribution in [3.8, 4) is 17.7 Å². The van der Waals surface area contributed by atoms with E-state index in [-0.39, 0.29) is 12.0 Å². The van der Waals surface area contributed by atoms with Crippen LogP contribution in [0.15, 0.2) is 47.1 Å². The zero-order chi connectivity index (χ0) is 18.5. The van der Waals surface area contributed by atoms with Gasteiger partial charge in [-0.3, -0.25) is 0 Å². The molecule has 0 radical (unpaired) electrons. The lowest BCUT2D eigenvalue weighted by molar-refractivity contribution is 0.361. The van der Waals surface area contributed by atoms with Gasteiger partial charge in [-0.15, -0.1) is 0 Å². The Bertz CT molecular complexity index is 912. The molecule has 1 aromatic carbocycles. The van der Waals surface area contributed by atoms with Crippen LogP contribution in [0.1, 0.15) is 50.0 Å². The molecule has 0 saturated heterocycles. The van der Waals surface area contributed by atoms with E-state index in [1.54, 1.807) is 12.1 Å². The lowest BCUT2D eigenvalue weighted by Gasteiger charge is -2.12. The van der Waals surface area contributed by atoms with E-state index in [0.717, 1.165) is 5.69 Å². The van der Waals surface area contributed by atoms with Gasteiger partial charge in [0.25, 0.3) is 0 Å². The molecular weight excluding hydrogens is 330 g/mol. The van der Waals surface area contributed by atoms with Crippen LogP contribution in [0.5, 0.6) is 11.6 Å². The van der Waals surface area contributed by atoms with Crippen molar-refractivity contribution in [1.29, 1.82) is 5.26 Å². The Morgan fingerprint density at radius 3 is 2.69 bits per heavy atom. The number of anilines is 1. The van der Waals surface area contributed by atoms with E-state index in [1.807, 2.05) is 51.1 Å². The molecule has 132 valence electrons. The lowest BCUT2D eigenvalue weighted by Crippen LogP contribution is -2.07. The van der Waals surface area contributed by atoms with Crippen LogP contribution in [0.3, 0.4) is 0 Å². The Morgan fingerprint density at radius 1 is 1.19 bits per heavy atom. The fourth-order valence-corrected chi connectivity index (χ4v) is 2.25. The minimum Gasteiger partial charge on any atom is -0.439 e. The van der Waals surface area contributed by atoms with Crippen molar-refractivity contribution in [1.82, 2.24) is 15.1 Å². The zero-order valence-corrected chi connectivity index (χ0v) is 14.8. The molecule has 0 amide bonds. The molecule has 1 N–H and O–H groups in total. The van der Waals surface area contributed by atoms with Crippen LogP contribution in [0.25, 0.3) is 0 Å². The third-order valence-electron chi connectivity index (χ3n) is 3.65. The van der Waals surface area contributed by atoms with Crippen LogP contribution in [-0.2, 0) is 0 Å². The number of aromatic nitrogens is 3. The molecule has 2 aromatic heterocycles. The van der Waals surface area contributed by atoms with Crippen molar-refractivity contribution in [2.45, 2.75) is 32.7 Å². The summed E-state index contributed by atoms with van der Waals surface area (Å²) in [5, 5.41) is 16.1. The van der Waals surface area contributed by atoms with Crippen LogP contribution < -0.4 is 10.1 Å². The van der Waals surface area contributed by atoms with Gasteiger partial charge in [-0.2, -0.15) is 10.2 Å². The second kappa shape index (κ2) is 7.66. The third kappa shape index (κ3) is 4.16. The van der Waals surface area contributed by atoms with E-state index in [9.17, 15) is 0 Å². The predicted octanol–water partition coefficient (Wildman–Crippen LogP) is 4.43. The summed E-state index contributed by atoms with van der Waals surface area (Å²) in [6.07, 6.45) is 1.47. The molecule has 0 bridgehead atoms. The third-order valence-corrected chi connectivity index (χ3v) is 3.65. The number of hydrogen-bond acceptors (Lipinski definition) is 7. The summed E-state index contributed by atoms with van der Waals surface area (Å²) in [5.41, 5.74) is 1.34. The largest absolute Gasteiger partial charge is 0.439 e. The van der Waals surface area contributed by atoms with Crippen molar-refractivity contribution >= 4 is 5.69 Å². The average molecular weight is 349 g/mol. The standard InChI is InChI=1S/C19H19N5O2/c1-12(2)18-23-19(26-24-18)13(3)22-15-5-4-6-16(9-15)25-17-8-7-14(10-20)11-21-17/h4-9,11-13,22H,1-3H3. The van der Waals surface area contributed by atoms with Crippen molar-refractivity contribution in [3.05, 3.63) is 59.9 Å². The summed E-state index contributed by atoms with van der Waals surface area (Å²) >= 11 is 0. The first-order chi connectivity index (χ1) is 12.5. The maximum absolute atomic E-state index is 8.81. The highest BCUT2D eigenvalue weighted by Gasteiger charge is 2.16. The highest BCUT2D eigenvalue weighted by molar-refractivity contribution is 5.49. The second-order valence-corrected chi connectivity index (χ2v) is 6.14. The highest BCUT2D eigenvalue weighted by Crippen LogP contribution is 2.25. The van der Waals surface area contributed by atoms with Crippen LogP contribution in [0.4, 0.5) is 5.69 Å². The number of pyridine rings is 1. The average Bonchev–Trinajstić information content (AvgIpc) is 3.13. The molecule has 3 aromatic rings. The van der Waals surface area contributed by atoms with Gasteiger partial charge in [0.05, 0.1) is 5.56 Å². The van der Waals surface area contributed by atoms with Crippen LogP contribution in [-0.4, -0.2) is 15.1 Å². The SMILES string of the molecule is CC(C)c1noc(C(C)Nc2cccc(Oc3ccc(C#N)cn3)c2)n1. The first kappa shape index (κ1) is 17.4. The Morgan fingerprint density at radius 2 is 2.04 bits per heavy atom. The van der Waals surface area contributed by atoms with Crippen molar-refractivity contribution in [2.75, 3.05) is 5.32 Å². The molecule has 1 unspecified atom stereocenters. The lowest BCUT2D eigenvalue weighted by atomic mass is 10.2. The number of benzene rings is 1. The van der Waals surface area contributed by atoms with E-state index in [2.05, 4.69) is 20.4 Å². The first-order valence-electron chi connectivity index (χ1n) is 8.29. The summed E-state index contributed by atoms with van der Waals surface area (Å²) in [4.78, 5) is 8.51. The summed E-state index contributed by atoms with van der Waals surface area (Å²) in [6, 6.07) is 12.7. The van der Waals surface area contributed by atoms with Gasteiger partial charge in [-0.25, -0.2) is 4.98 Å². The molecule has 3 rings (SSSR count). The normalized spacial score (nSPS) is 11.8. The molecule has 0 saturated carbocycles. The van der Waals surface area contributed by atoms with E-state index in [4.69, 9.17) is 14.5 Å². The summed E-state index contributed by atoms with van der Waals surface area (Å²) in [7, 11) is 0. The molecule has 0 aliphatic carbocycles. The van der Waals surface area contributed by atoms with Crippen LogP contribution >= 0.6 is 0 Å². The molecule has 0 aliphatic rings. The van der Waals surface area contributed by atoms with Crippen molar-refractivity contribution in [2.24, 2.45) is 0 Å². The number of ether oxygens (including phenoxy) is 1. The molecule has 7 heteroatoms. The Labute approximate surface area is 151 Å². The summed E-state index contributed by atoms with van der Waals surface area (Å²) in [6.45, 7) is 5.99. The predicted molar refractivity (Wildman–Crippen MR) is 95.9 cm³/mol. The topological polar surface area (TPSA) is 96.9 Å². The van der Waals surface area contributed by atoms with Crippen molar-refractivity contribution < 1.29 is 9.26 Å². The monoisotopic (exact) mass is 349 g/mol. The number of nitriles is 1. The van der Waals surface area contributed by atoms with Gasteiger partial charge in [-0.05, 0) is 25.1 Å². The Balaban J connectivity index is 1.69. The molecule has 0 fully saturated rings.